The van der Waals surface area contributed by atoms with Crippen LogP contribution in [0.3, 0.4) is 0 Å². The Morgan fingerprint density at radius 1 is 1.60 bits per heavy atom. The molecule has 0 aromatic carbocycles. The lowest BCUT2D eigenvalue weighted by Gasteiger charge is -2.31. The Morgan fingerprint density at radius 3 is 2.67 bits per heavy atom. The van der Waals surface area contributed by atoms with Crippen molar-refractivity contribution in [3.8, 4) is 0 Å². The molecule has 1 aliphatic rings. The molecule has 0 aliphatic heterocycles. The molecule has 0 aromatic rings. The Kier molecular flexibility index (Phi) is 3.39. The molecule has 0 radical (unpaired) electrons. The molecule has 0 bridgehead atoms. The molecule has 1 rings (SSSR count). The number of ether oxygens (including phenoxy) is 1. The lowest BCUT2D eigenvalue weighted by atomic mass is 9.79. The van der Waals surface area contributed by atoms with E-state index in [-0.39, 0.29) is 5.41 Å². The monoisotopic (exact) mass is 213 g/mol. The van der Waals surface area contributed by atoms with E-state index in [4.69, 9.17) is 4.74 Å². The smallest absolute Gasteiger partial charge is 0.414 e. The van der Waals surface area contributed by atoms with Gasteiger partial charge in [0.05, 0.1) is 6.10 Å². The van der Waals surface area contributed by atoms with Crippen molar-refractivity contribution in [1.82, 2.24) is 4.90 Å². The third-order valence-electron chi connectivity index (χ3n) is 2.38. The molecule has 4 nitrogen and oxygen atoms in total. The number of aliphatic hydroxyl groups is 1. The summed E-state index contributed by atoms with van der Waals surface area (Å²) in [6, 6.07) is 0. The minimum atomic E-state index is -0.515. The second kappa shape index (κ2) is 4.23. The van der Waals surface area contributed by atoms with Gasteiger partial charge in [-0.25, -0.2) is 4.79 Å². The topological polar surface area (TPSA) is 49.8 Å². The van der Waals surface area contributed by atoms with Crippen LogP contribution in [0.15, 0.2) is 11.8 Å². The second-order valence-electron chi connectivity index (χ2n) is 5.01. The molecule has 0 aromatic heterocycles. The van der Waals surface area contributed by atoms with Gasteiger partial charge in [-0.2, -0.15) is 0 Å². The van der Waals surface area contributed by atoms with Gasteiger partial charge in [0, 0.05) is 20.5 Å². The maximum atomic E-state index is 11.3. The molecule has 4 heteroatoms. The van der Waals surface area contributed by atoms with Crippen molar-refractivity contribution in [2.24, 2.45) is 5.41 Å². The highest BCUT2D eigenvalue weighted by Crippen LogP contribution is 2.35. The van der Waals surface area contributed by atoms with Gasteiger partial charge in [0.1, 0.15) is 5.76 Å². The van der Waals surface area contributed by atoms with Crippen LogP contribution in [0.1, 0.15) is 26.7 Å². The molecule has 0 saturated carbocycles. The van der Waals surface area contributed by atoms with Gasteiger partial charge in [-0.1, -0.05) is 13.8 Å². The van der Waals surface area contributed by atoms with E-state index >= 15 is 0 Å². The molecule has 1 N–H and O–H groups in total. The molecule has 0 fully saturated rings. The van der Waals surface area contributed by atoms with Crippen LogP contribution in [0.2, 0.25) is 0 Å². The first-order valence-corrected chi connectivity index (χ1v) is 5.08. The van der Waals surface area contributed by atoms with E-state index in [1.807, 2.05) is 13.8 Å². The third kappa shape index (κ3) is 3.55. The van der Waals surface area contributed by atoms with E-state index in [0.29, 0.717) is 18.6 Å². The Balaban J connectivity index is 2.66. The van der Waals surface area contributed by atoms with E-state index in [1.165, 1.54) is 4.90 Å². The number of rotatable bonds is 1. The van der Waals surface area contributed by atoms with E-state index in [9.17, 15) is 9.90 Å². The van der Waals surface area contributed by atoms with Crippen molar-refractivity contribution in [3.63, 3.8) is 0 Å². The molecule has 15 heavy (non-hydrogen) atoms. The summed E-state index contributed by atoms with van der Waals surface area (Å²) >= 11 is 0. The summed E-state index contributed by atoms with van der Waals surface area (Å²) in [5, 5.41) is 9.59. The molecular weight excluding hydrogens is 194 g/mol. The van der Waals surface area contributed by atoms with Crippen LogP contribution in [0, 0.1) is 5.41 Å². The fraction of sp³-hybridized carbons (Fsp3) is 0.727. The highest BCUT2D eigenvalue weighted by molar-refractivity contribution is 5.68. The minimum absolute atomic E-state index is 0.0178. The number of aliphatic hydroxyl groups excluding tert-OH is 1. The molecular formula is C11H19NO3. The maximum Gasteiger partial charge on any atom is 0.414 e. The van der Waals surface area contributed by atoms with Crippen LogP contribution in [0.5, 0.6) is 0 Å². The molecule has 1 unspecified atom stereocenters. The molecule has 86 valence electrons. The summed E-state index contributed by atoms with van der Waals surface area (Å²) in [6.45, 7) is 4.10. The molecule has 0 saturated heterocycles. The summed E-state index contributed by atoms with van der Waals surface area (Å²) in [5.41, 5.74) is -0.0178. The summed E-state index contributed by atoms with van der Waals surface area (Å²) in [4.78, 5) is 12.7. The molecule has 0 spiro atoms. The zero-order chi connectivity index (χ0) is 11.6. The van der Waals surface area contributed by atoms with E-state index < -0.39 is 12.2 Å². The molecule has 1 amide bonds. The van der Waals surface area contributed by atoms with Gasteiger partial charge in [0.15, 0.2) is 0 Å². The van der Waals surface area contributed by atoms with Crippen LogP contribution in [-0.2, 0) is 4.74 Å². The average molecular weight is 213 g/mol. The van der Waals surface area contributed by atoms with E-state index in [0.717, 1.165) is 0 Å². The molecule has 1 aliphatic carbocycles. The zero-order valence-corrected chi connectivity index (χ0v) is 9.78. The van der Waals surface area contributed by atoms with Crippen molar-refractivity contribution < 1.29 is 14.6 Å². The maximum absolute atomic E-state index is 11.3. The van der Waals surface area contributed by atoms with E-state index in [2.05, 4.69) is 0 Å². The number of nitrogens with zero attached hydrogens (tertiary/aromatic N) is 1. The second-order valence-corrected chi connectivity index (χ2v) is 5.01. The fourth-order valence-electron chi connectivity index (χ4n) is 1.72. The first kappa shape index (κ1) is 12.0. The fourth-order valence-corrected chi connectivity index (χ4v) is 1.72. The lowest BCUT2D eigenvalue weighted by molar-refractivity contribution is 0.0982. The SMILES string of the molecule is CN(C)C(=O)OC1=CC(O)CC(C)(C)C1. The van der Waals surface area contributed by atoms with Crippen molar-refractivity contribution in [2.75, 3.05) is 14.1 Å². The highest BCUT2D eigenvalue weighted by Gasteiger charge is 2.29. The van der Waals surface area contributed by atoms with Crippen molar-refractivity contribution in [2.45, 2.75) is 32.8 Å². The van der Waals surface area contributed by atoms with Gasteiger partial charge < -0.3 is 14.7 Å². The molecule has 0 heterocycles. The van der Waals surface area contributed by atoms with Gasteiger partial charge in [0.25, 0.3) is 0 Å². The Labute approximate surface area is 90.5 Å². The van der Waals surface area contributed by atoms with E-state index in [1.54, 1.807) is 20.2 Å². The van der Waals surface area contributed by atoms with Crippen LogP contribution in [0.25, 0.3) is 0 Å². The number of carbonyl (C=O) groups is 1. The Bertz CT molecular complexity index is 282. The lowest BCUT2D eigenvalue weighted by Crippen LogP contribution is -2.29. The normalized spacial score (nSPS) is 24.3. The summed E-state index contributed by atoms with van der Waals surface area (Å²) < 4.78 is 5.15. The Morgan fingerprint density at radius 2 is 2.20 bits per heavy atom. The van der Waals surface area contributed by atoms with Gasteiger partial charge in [-0.3, -0.25) is 0 Å². The first-order valence-electron chi connectivity index (χ1n) is 5.08. The zero-order valence-electron chi connectivity index (χ0n) is 9.78. The average Bonchev–Trinajstić information content (AvgIpc) is 1.99. The number of allylic oxidation sites excluding steroid dienone is 1. The van der Waals surface area contributed by atoms with Gasteiger partial charge in [0.2, 0.25) is 0 Å². The first-order chi connectivity index (χ1) is 6.80. The van der Waals surface area contributed by atoms with Crippen molar-refractivity contribution in [1.29, 1.82) is 0 Å². The van der Waals surface area contributed by atoms with Crippen LogP contribution >= 0.6 is 0 Å². The van der Waals surface area contributed by atoms with Crippen molar-refractivity contribution in [3.05, 3.63) is 11.8 Å². The number of hydrogen-bond acceptors (Lipinski definition) is 3. The van der Waals surface area contributed by atoms with Gasteiger partial charge in [-0.15, -0.1) is 0 Å². The Hall–Kier alpha value is -1.03. The summed E-state index contributed by atoms with van der Waals surface area (Å²) in [6.07, 6.45) is 2.09. The van der Waals surface area contributed by atoms with Crippen molar-refractivity contribution >= 4 is 6.09 Å². The predicted octanol–water partition coefficient (Wildman–Crippen LogP) is 1.75. The van der Waals surface area contributed by atoms with Crippen LogP contribution < -0.4 is 0 Å². The highest BCUT2D eigenvalue weighted by atomic mass is 16.6. The largest absolute Gasteiger partial charge is 0.415 e. The summed E-state index contributed by atoms with van der Waals surface area (Å²) in [5.74, 6) is 0.567. The number of carbonyl (C=O) groups excluding carboxylic acids is 1. The predicted molar refractivity (Wildman–Crippen MR) is 57.3 cm³/mol. The number of hydrogen-bond donors (Lipinski definition) is 1. The van der Waals surface area contributed by atoms with Gasteiger partial charge in [-0.05, 0) is 17.9 Å². The standard InChI is InChI=1S/C11H19NO3/c1-11(2)6-8(13)5-9(7-11)15-10(14)12(3)4/h5,8,13H,6-7H2,1-4H3. The van der Waals surface area contributed by atoms with Crippen LogP contribution in [0.4, 0.5) is 4.79 Å². The number of amides is 1. The quantitative estimate of drug-likeness (QED) is 0.722. The van der Waals surface area contributed by atoms with Gasteiger partial charge >= 0.3 is 6.09 Å². The van der Waals surface area contributed by atoms with Crippen LogP contribution in [-0.4, -0.2) is 36.3 Å². The molecule has 1 atom stereocenters. The summed E-state index contributed by atoms with van der Waals surface area (Å²) in [7, 11) is 3.26. The third-order valence-corrected chi connectivity index (χ3v) is 2.38. The minimum Gasteiger partial charge on any atom is -0.415 e.